The maximum atomic E-state index is 6.04. The topological polar surface area (TPSA) is 66.0 Å². The van der Waals surface area contributed by atoms with E-state index >= 15 is 0 Å². The lowest BCUT2D eigenvalue weighted by Crippen LogP contribution is -1.93. The molecule has 0 atom stereocenters. The third kappa shape index (κ3) is 1.80. The third-order valence-electron chi connectivity index (χ3n) is 2.66. The number of nitrogens with zero attached hydrogens (tertiary/aromatic N) is 3. The number of anilines is 1. The predicted molar refractivity (Wildman–Crippen MR) is 72.0 cm³/mol. The van der Waals surface area contributed by atoms with E-state index < -0.39 is 0 Å². The number of aryl methyl sites for hydroxylation is 1. The number of rotatable bonds is 3. The number of thiazole rings is 1. The Morgan fingerprint density at radius 3 is 3.11 bits per heavy atom. The zero-order chi connectivity index (χ0) is 12.5. The summed E-state index contributed by atoms with van der Waals surface area (Å²) in [6.07, 6.45) is 3.51. The van der Waals surface area contributed by atoms with E-state index in [2.05, 4.69) is 10.1 Å². The summed E-state index contributed by atoms with van der Waals surface area (Å²) in [6.45, 7) is 2.83. The molecule has 0 bridgehead atoms. The van der Waals surface area contributed by atoms with Gasteiger partial charge < -0.3 is 10.5 Å². The van der Waals surface area contributed by atoms with Gasteiger partial charge in [-0.25, -0.2) is 4.98 Å². The molecule has 3 aromatic rings. The standard InChI is InChI=1S/C12H12N4OS/c1-2-16-6-8(5-15-16)17-9-3-4-10-12(11(9)13)14-7-18-10/h3-7H,2,13H2,1H3. The molecule has 0 unspecified atom stereocenters. The van der Waals surface area contributed by atoms with Gasteiger partial charge in [-0.3, -0.25) is 4.68 Å². The minimum Gasteiger partial charge on any atom is -0.452 e. The van der Waals surface area contributed by atoms with Gasteiger partial charge in [-0.2, -0.15) is 5.10 Å². The van der Waals surface area contributed by atoms with Crippen molar-refractivity contribution >= 4 is 27.2 Å². The van der Waals surface area contributed by atoms with Gasteiger partial charge >= 0.3 is 0 Å². The molecule has 0 radical (unpaired) electrons. The number of aromatic nitrogens is 3. The molecule has 6 heteroatoms. The van der Waals surface area contributed by atoms with Gasteiger partial charge in [0.25, 0.3) is 0 Å². The molecule has 0 aliphatic rings. The molecule has 18 heavy (non-hydrogen) atoms. The van der Waals surface area contributed by atoms with Crippen molar-refractivity contribution in [2.24, 2.45) is 0 Å². The number of hydrogen-bond acceptors (Lipinski definition) is 5. The Hall–Kier alpha value is -2.08. The van der Waals surface area contributed by atoms with Gasteiger partial charge in [-0.15, -0.1) is 11.3 Å². The minimum atomic E-state index is 0.568. The summed E-state index contributed by atoms with van der Waals surface area (Å²) in [6, 6.07) is 3.82. The Morgan fingerprint density at radius 2 is 2.33 bits per heavy atom. The molecule has 0 aliphatic heterocycles. The van der Waals surface area contributed by atoms with Gasteiger partial charge in [-0.05, 0) is 19.1 Å². The van der Waals surface area contributed by atoms with E-state index in [1.165, 1.54) is 0 Å². The number of ether oxygens (including phenoxy) is 1. The smallest absolute Gasteiger partial charge is 0.165 e. The van der Waals surface area contributed by atoms with Crippen LogP contribution in [0.15, 0.2) is 30.0 Å². The van der Waals surface area contributed by atoms with E-state index in [1.54, 1.807) is 27.7 Å². The van der Waals surface area contributed by atoms with Crippen LogP contribution >= 0.6 is 11.3 Å². The van der Waals surface area contributed by atoms with Crippen LogP contribution < -0.4 is 10.5 Å². The number of nitrogen functional groups attached to an aromatic ring is 1. The molecule has 2 heterocycles. The highest BCUT2D eigenvalue weighted by Gasteiger charge is 2.09. The van der Waals surface area contributed by atoms with E-state index in [9.17, 15) is 0 Å². The summed E-state index contributed by atoms with van der Waals surface area (Å²) in [5, 5.41) is 4.15. The Balaban J connectivity index is 1.96. The predicted octanol–water partition coefficient (Wildman–Crippen LogP) is 2.89. The number of fused-ring (bicyclic) bond motifs is 1. The summed E-state index contributed by atoms with van der Waals surface area (Å²) in [7, 11) is 0. The molecule has 2 aromatic heterocycles. The lowest BCUT2D eigenvalue weighted by Gasteiger charge is -2.06. The summed E-state index contributed by atoms with van der Waals surface area (Å²) in [4.78, 5) is 4.23. The first-order chi connectivity index (χ1) is 8.78. The number of nitrogens with two attached hydrogens (primary N) is 1. The van der Waals surface area contributed by atoms with E-state index in [0.29, 0.717) is 17.2 Å². The maximum absolute atomic E-state index is 6.04. The average molecular weight is 260 g/mol. The molecule has 0 saturated heterocycles. The summed E-state index contributed by atoms with van der Waals surface area (Å²) in [5.74, 6) is 1.29. The van der Waals surface area contributed by atoms with Crippen molar-refractivity contribution in [3.63, 3.8) is 0 Å². The quantitative estimate of drug-likeness (QED) is 0.735. The second kappa shape index (κ2) is 4.30. The molecule has 5 nitrogen and oxygen atoms in total. The molecule has 0 saturated carbocycles. The normalized spacial score (nSPS) is 10.9. The van der Waals surface area contributed by atoms with Crippen LogP contribution in [0.3, 0.4) is 0 Å². The molecule has 0 spiro atoms. The minimum absolute atomic E-state index is 0.568. The number of benzene rings is 1. The summed E-state index contributed by atoms with van der Waals surface area (Å²) >= 11 is 1.56. The first-order valence-electron chi connectivity index (χ1n) is 5.60. The van der Waals surface area contributed by atoms with Crippen molar-refractivity contribution in [1.82, 2.24) is 14.8 Å². The Kier molecular flexibility index (Phi) is 2.64. The van der Waals surface area contributed by atoms with Gasteiger partial charge in [0.05, 0.1) is 22.6 Å². The second-order valence-corrected chi connectivity index (χ2v) is 4.70. The van der Waals surface area contributed by atoms with Crippen molar-refractivity contribution in [3.8, 4) is 11.5 Å². The molecule has 3 rings (SSSR count). The molecule has 0 amide bonds. The van der Waals surface area contributed by atoms with E-state index in [4.69, 9.17) is 10.5 Å². The van der Waals surface area contributed by atoms with Gasteiger partial charge in [0, 0.05) is 6.54 Å². The van der Waals surface area contributed by atoms with Gasteiger partial charge in [0.15, 0.2) is 11.5 Å². The van der Waals surface area contributed by atoms with Crippen molar-refractivity contribution < 1.29 is 4.74 Å². The van der Waals surface area contributed by atoms with Gasteiger partial charge in [-0.1, -0.05) is 0 Å². The molecule has 92 valence electrons. The third-order valence-corrected chi connectivity index (χ3v) is 3.46. The fourth-order valence-electron chi connectivity index (χ4n) is 1.72. The average Bonchev–Trinajstić information content (AvgIpc) is 3.01. The first kappa shape index (κ1) is 11.0. The Morgan fingerprint density at radius 1 is 1.44 bits per heavy atom. The van der Waals surface area contributed by atoms with Crippen molar-refractivity contribution in [1.29, 1.82) is 0 Å². The van der Waals surface area contributed by atoms with Crippen LogP contribution in [0, 0.1) is 0 Å². The molecule has 0 aliphatic carbocycles. The molecule has 1 aromatic carbocycles. The van der Waals surface area contributed by atoms with Crippen molar-refractivity contribution in [2.75, 3.05) is 5.73 Å². The highest BCUT2D eigenvalue weighted by molar-refractivity contribution is 7.16. The zero-order valence-electron chi connectivity index (χ0n) is 9.83. The Labute approximate surface area is 108 Å². The largest absolute Gasteiger partial charge is 0.452 e. The van der Waals surface area contributed by atoms with Gasteiger partial charge in [0.1, 0.15) is 11.2 Å². The molecular formula is C12H12N4OS. The number of hydrogen-bond donors (Lipinski definition) is 1. The first-order valence-corrected chi connectivity index (χ1v) is 6.48. The van der Waals surface area contributed by atoms with Crippen molar-refractivity contribution in [3.05, 3.63) is 30.0 Å². The molecular weight excluding hydrogens is 248 g/mol. The lowest BCUT2D eigenvalue weighted by atomic mass is 10.2. The fourth-order valence-corrected chi connectivity index (χ4v) is 2.41. The van der Waals surface area contributed by atoms with Crippen molar-refractivity contribution in [2.45, 2.75) is 13.5 Å². The highest BCUT2D eigenvalue weighted by atomic mass is 32.1. The monoisotopic (exact) mass is 260 g/mol. The summed E-state index contributed by atoms with van der Waals surface area (Å²) < 4.78 is 8.58. The van der Waals surface area contributed by atoms with E-state index in [-0.39, 0.29) is 0 Å². The lowest BCUT2D eigenvalue weighted by molar-refractivity contribution is 0.484. The van der Waals surface area contributed by atoms with Crippen LogP contribution in [-0.4, -0.2) is 14.8 Å². The fraction of sp³-hybridized carbons (Fsp3) is 0.167. The molecule has 0 fully saturated rings. The Bertz CT molecular complexity index is 688. The second-order valence-electron chi connectivity index (χ2n) is 3.81. The zero-order valence-corrected chi connectivity index (χ0v) is 10.6. The van der Waals surface area contributed by atoms with E-state index in [0.717, 1.165) is 16.8 Å². The van der Waals surface area contributed by atoms with Crippen LogP contribution in [0.4, 0.5) is 5.69 Å². The summed E-state index contributed by atoms with van der Waals surface area (Å²) in [5.41, 5.74) is 9.18. The van der Waals surface area contributed by atoms with Gasteiger partial charge in [0.2, 0.25) is 0 Å². The van der Waals surface area contributed by atoms with Crippen LogP contribution in [0.25, 0.3) is 10.2 Å². The van der Waals surface area contributed by atoms with E-state index in [1.807, 2.05) is 25.3 Å². The SMILES string of the molecule is CCn1cc(Oc2ccc3scnc3c2N)cn1. The molecule has 2 N–H and O–H groups in total. The van der Waals surface area contributed by atoms with Crippen LogP contribution in [-0.2, 0) is 6.54 Å². The highest BCUT2D eigenvalue weighted by Crippen LogP contribution is 2.34. The van der Waals surface area contributed by atoms with Crippen LogP contribution in [0.5, 0.6) is 11.5 Å². The van der Waals surface area contributed by atoms with Crippen LogP contribution in [0.1, 0.15) is 6.92 Å². The maximum Gasteiger partial charge on any atom is 0.165 e. The van der Waals surface area contributed by atoms with Crippen LogP contribution in [0.2, 0.25) is 0 Å².